The fraction of sp³-hybridized carbons (Fsp3) is 0.0645. The van der Waals surface area contributed by atoms with Crippen molar-refractivity contribution in [2.24, 2.45) is 0 Å². The number of sulfonamides is 1. The largest absolute Gasteiger partial charge is 0.478 e. The van der Waals surface area contributed by atoms with Crippen molar-refractivity contribution in [1.82, 2.24) is 4.57 Å². The number of nitrogens with zero attached hydrogens (tertiary/aromatic N) is 1. The van der Waals surface area contributed by atoms with Gasteiger partial charge in [-0.1, -0.05) is 58.4 Å². The molecular formula is C31H23BrN2O6S. The van der Waals surface area contributed by atoms with Gasteiger partial charge >= 0.3 is 5.97 Å². The van der Waals surface area contributed by atoms with Crippen molar-refractivity contribution in [3.05, 3.63) is 129 Å². The monoisotopic (exact) mass is 630 g/mol. The Hall–Kier alpha value is -4.54. The van der Waals surface area contributed by atoms with Gasteiger partial charge in [-0.05, 0) is 71.1 Å². The normalized spacial score (nSPS) is 11.4. The van der Waals surface area contributed by atoms with Gasteiger partial charge in [-0.2, -0.15) is 0 Å². The summed E-state index contributed by atoms with van der Waals surface area (Å²) in [5.74, 6) is -1.42. The summed E-state index contributed by atoms with van der Waals surface area (Å²) in [5.41, 5.74) is 2.36. The fourth-order valence-corrected chi connectivity index (χ4v) is 6.10. The number of carbonyl (C=O) groups is 2. The van der Waals surface area contributed by atoms with Crippen LogP contribution in [0, 0.1) is 0 Å². The minimum absolute atomic E-state index is 0.0229. The Morgan fingerprint density at radius 2 is 1.54 bits per heavy atom. The second-order valence-corrected chi connectivity index (χ2v) is 12.0. The van der Waals surface area contributed by atoms with E-state index in [0.717, 1.165) is 10.0 Å². The molecule has 0 amide bonds. The minimum Gasteiger partial charge on any atom is -0.478 e. The number of ketones is 1. The quantitative estimate of drug-likeness (QED) is 0.197. The van der Waals surface area contributed by atoms with E-state index in [-0.39, 0.29) is 39.7 Å². The molecule has 1 aromatic heterocycles. The molecule has 2 N–H and O–H groups in total. The van der Waals surface area contributed by atoms with Gasteiger partial charge in [-0.3, -0.25) is 18.9 Å². The number of aromatic carboxylic acids is 1. The van der Waals surface area contributed by atoms with Crippen molar-refractivity contribution >= 4 is 54.2 Å². The van der Waals surface area contributed by atoms with Crippen LogP contribution in [-0.2, 0) is 16.6 Å². The van der Waals surface area contributed by atoms with E-state index >= 15 is 0 Å². The number of anilines is 1. The molecule has 0 unspecified atom stereocenters. The molecule has 0 aliphatic carbocycles. The zero-order valence-electron chi connectivity index (χ0n) is 21.7. The number of pyridine rings is 1. The van der Waals surface area contributed by atoms with Crippen LogP contribution in [-0.4, -0.2) is 29.8 Å². The van der Waals surface area contributed by atoms with Crippen LogP contribution < -0.4 is 10.3 Å². The molecule has 10 heteroatoms. The lowest BCUT2D eigenvalue weighted by Gasteiger charge is -2.19. The van der Waals surface area contributed by atoms with Gasteiger partial charge in [0.05, 0.1) is 22.7 Å². The van der Waals surface area contributed by atoms with Crippen molar-refractivity contribution in [3.63, 3.8) is 0 Å². The number of hydrogen-bond acceptors (Lipinski definition) is 5. The molecule has 206 valence electrons. The smallest absolute Gasteiger partial charge is 0.335 e. The summed E-state index contributed by atoms with van der Waals surface area (Å²) in [6.45, 7) is 1.52. The number of carboxylic acids is 1. The summed E-state index contributed by atoms with van der Waals surface area (Å²) >= 11 is 3.48. The number of nitrogens with one attached hydrogen (secondary N) is 1. The molecule has 0 atom stereocenters. The maximum atomic E-state index is 13.7. The fourth-order valence-electron chi connectivity index (χ4n) is 4.68. The van der Waals surface area contributed by atoms with E-state index in [0.29, 0.717) is 21.9 Å². The van der Waals surface area contributed by atoms with Gasteiger partial charge in [0.2, 0.25) is 0 Å². The number of Topliss-reactive ketones (excluding diaryl/α,β-unsaturated/α-hetero) is 1. The Kier molecular flexibility index (Phi) is 7.61. The van der Waals surface area contributed by atoms with Crippen LogP contribution in [0.4, 0.5) is 5.69 Å². The average Bonchev–Trinajstić information content (AvgIpc) is 2.95. The van der Waals surface area contributed by atoms with Crippen molar-refractivity contribution in [2.45, 2.75) is 18.4 Å². The molecule has 0 bridgehead atoms. The summed E-state index contributed by atoms with van der Waals surface area (Å²) < 4.78 is 30.3. The first-order valence-electron chi connectivity index (χ1n) is 12.4. The topological polar surface area (TPSA) is 123 Å². The highest BCUT2D eigenvalue weighted by molar-refractivity contribution is 9.10. The van der Waals surface area contributed by atoms with Crippen LogP contribution in [0.1, 0.15) is 33.3 Å². The second kappa shape index (κ2) is 11.1. The predicted molar refractivity (Wildman–Crippen MR) is 161 cm³/mol. The van der Waals surface area contributed by atoms with Crippen LogP contribution in [0.15, 0.2) is 111 Å². The van der Waals surface area contributed by atoms with Crippen molar-refractivity contribution < 1.29 is 23.1 Å². The van der Waals surface area contributed by atoms with Gasteiger partial charge in [0.15, 0.2) is 5.78 Å². The minimum atomic E-state index is -3.96. The van der Waals surface area contributed by atoms with E-state index in [1.165, 1.54) is 35.8 Å². The van der Waals surface area contributed by atoms with Gasteiger partial charge in [-0.15, -0.1) is 0 Å². The predicted octanol–water partition coefficient (Wildman–Crippen LogP) is 6.18. The Morgan fingerprint density at radius 3 is 2.15 bits per heavy atom. The van der Waals surface area contributed by atoms with Gasteiger partial charge < -0.3 is 5.11 Å². The van der Waals surface area contributed by atoms with Crippen LogP contribution in [0.25, 0.3) is 21.9 Å². The molecule has 5 rings (SSSR count). The molecule has 8 nitrogen and oxygen atoms in total. The first-order chi connectivity index (χ1) is 19.5. The third-order valence-corrected chi connectivity index (χ3v) is 8.48. The Morgan fingerprint density at radius 1 is 0.878 bits per heavy atom. The van der Waals surface area contributed by atoms with Gasteiger partial charge in [-0.25, -0.2) is 13.2 Å². The number of carboxylic acid groups (broad SMARTS) is 1. The van der Waals surface area contributed by atoms with E-state index < -0.39 is 16.0 Å². The lowest BCUT2D eigenvalue weighted by atomic mass is 9.95. The summed E-state index contributed by atoms with van der Waals surface area (Å²) in [6.07, 6.45) is 0. The SMILES string of the molecule is CC(=O)c1c(-c2ccccc2)c2cc(Br)ccc2c(=O)n1Cc1ccc(NS(=O)(=O)c2ccc(C(=O)O)cc2)cc1. The molecule has 0 radical (unpaired) electrons. The molecule has 0 fully saturated rings. The number of fused-ring (bicyclic) bond motifs is 1. The number of carbonyl (C=O) groups excluding carboxylic acids is 1. The first kappa shape index (κ1) is 28.0. The highest BCUT2D eigenvalue weighted by atomic mass is 79.9. The zero-order valence-corrected chi connectivity index (χ0v) is 24.1. The maximum Gasteiger partial charge on any atom is 0.335 e. The number of hydrogen-bond donors (Lipinski definition) is 2. The Balaban J connectivity index is 1.52. The Labute approximate surface area is 244 Å². The molecule has 0 saturated carbocycles. The van der Waals surface area contributed by atoms with Gasteiger partial charge in [0, 0.05) is 28.0 Å². The molecular weight excluding hydrogens is 608 g/mol. The molecule has 0 spiro atoms. The number of halogens is 1. The molecule has 5 aromatic rings. The number of rotatable bonds is 8. The second-order valence-electron chi connectivity index (χ2n) is 9.36. The summed E-state index contributed by atoms with van der Waals surface area (Å²) in [7, 11) is -3.96. The summed E-state index contributed by atoms with van der Waals surface area (Å²) in [4.78, 5) is 37.7. The summed E-state index contributed by atoms with van der Waals surface area (Å²) in [5, 5.41) is 10.2. The van der Waals surface area contributed by atoms with E-state index in [1.807, 2.05) is 36.4 Å². The molecule has 4 aromatic carbocycles. The van der Waals surface area contributed by atoms with Crippen LogP contribution in [0.3, 0.4) is 0 Å². The van der Waals surface area contributed by atoms with E-state index in [2.05, 4.69) is 20.7 Å². The van der Waals surface area contributed by atoms with Gasteiger partial charge in [0.25, 0.3) is 15.6 Å². The standard InChI is InChI=1S/C31H23BrN2O6S/c1-19(35)29-28(21-5-3-2-4-6-21)27-17-23(32)11-16-26(27)30(36)34(29)18-20-7-12-24(13-8-20)33-41(39,40)25-14-9-22(10-15-25)31(37)38/h2-17,33H,18H2,1H3,(H,37,38). The highest BCUT2D eigenvalue weighted by Gasteiger charge is 2.22. The lowest BCUT2D eigenvalue weighted by Crippen LogP contribution is -2.27. The van der Waals surface area contributed by atoms with Crippen molar-refractivity contribution in [2.75, 3.05) is 4.72 Å². The van der Waals surface area contributed by atoms with E-state index in [9.17, 15) is 22.8 Å². The van der Waals surface area contributed by atoms with Crippen molar-refractivity contribution in [1.29, 1.82) is 0 Å². The van der Waals surface area contributed by atoms with Crippen molar-refractivity contribution in [3.8, 4) is 11.1 Å². The molecule has 0 saturated heterocycles. The zero-order chi connectivity index (χ0) is 29.3. The molecule has 0 aliphatic heterocycles. The molecule has 41 heavy (non-hydrogen) atoms. The average molecular weight is 632 g/mol. The number of aromatic nitrogens is 1. The van der Waals surface area contributed by atoms with Crippen LogP contribution in [0.5, 0.6) is 0 Å². The first-order valence-corrected chi connectivity index (χ1v) is 14.7. The third kappa shape index (κ3) is 5.70. The number of benzene rings is 4. The Bertz CT molecular complexity index is 1970. The van der Waals surface area contributed by atoms with Crippen LogP contribution >= 0.6 is 15.9 Å². The molecule has 1 heterocycles. The lowest BCUT2D eigenvalue weighted by molar-refractivity contribution is 0.0696. The van der Waals surface area contributed by atoms with Gasteiger partial charge in [0.1, 0.15) is 0 Å². The summed E-state index contributed by atoms with van der Waals surface area (Å²) in [6, 6.07) is 26.1. The van der Waals surface area contributed by atoms with E-state index in [4.69, 9.17) is 5.11 Å². The maximum absolute atomic E-state index is 13.7. The third-order valence-electron chi connectivity index (χ3n) is 6.59. The van der Waals surface area contributed by atoms with Crippen LogP contribution in [0.2, 0.25) is 0 Å². The molecule has 0 aliphatic rings. The highest BCUT2D eigenvalue weighted by Crippen LogP contribution is 2.33. The van der Waals surface area contributed by atoms with E-state index in [1.54, 1.807) is 36.4 Å².